The molecule has 1 N–H and O–H groups in total. The van der Waals surface area contributed by atoms with E-state index < -0.39 is 0 Å². The summed E-state index contributed by atoms with van der Waals surface area (Å²) in [6.07, 6.45) is 5.10. The van der Waals surface area contributed by atoms with Crippen molar-refractivity contribution in [1.29, 1.82) is 0 Å². The molecule has 0 saturated carbocycles. The molecule has 4 heterocycles. The molecule has 2 aromatic heterocycles. The number of aromatic nitrogens is 2. The summed E-state index contributed by atoms with van der Waals surface area (Å²) >= 11 is 0. The lowest BCUT2D eigenvalue weighted by molar-refractivity contribution is -0.133. The smallest absolute Gasteiger partial charge is 0.226 e. The summed E-state index contributed by atoms with van der Waals surface area (Å²) in [5, 5.41) is 2.96. The number of amides is 1. The number of hydrogen-bond acceptors (Lipinski definition) is 6. The third-order valence-electron chi connectivity index (χ3n) is 4.83. The summed E-state index contributed by atoms with van der Waals surface area (Å²) in [5.41, 5.74) is 0. The lowest BCUT2D eigenvalue weighted by atomic mass is 9.82. The van der Waals surface area contributed by atoms with Crippen molar-refractivity contribution in [2.75, 3.05) is 31.2 Å². The van der Waals surface area contributed by atoms with Crippen LogP contribution >= 0.6 is 0 Å². The number of hydrogen-bond donors (Lipinski definition) is 1. The minimum atomic E-state index is -0.146. The fraction of sp³-hybridized carbons (Fsp3) is 0.471. The van der Waals surface area contributed by atoms with Crippen molar-refractivity contribution < 1.29 is 13.9 Å². The summed E-state index contributed by atoms with van der Waals surface area (Å²) in [6.45, 7) is 3.18. The van der Waals surface area contributed by atoms with Crippen molar-refractivity contribution in [1.82, 2.24) is 15.3 Å². The lowest BCUT2D eigenvalue weighted by Gasteiger charge is -2.31. The summed E-state index contributed by atoms with van der Waals surface area (Å²) in [5.74, 6) is 1.95. The van der Waals surface area contributed by atoms with Gasteiger partial charge in [0.2, 0.25) is 11.9 Å². The first-order valence-corrected chi connectivity index (χ1v) is 8.21. The molecule has 2 aliphatic heterocycles. The summed E-state index contributed by atoms with van der Waals surface area (Å²) < 4.78 is 10.9. The van der Waals surface area contributed by atoms with E-state index in [9.17, 15) is 4.79 Å². The molecule has 4 rings (SSSR count). The number of ether oxygens (including phenoxy) is 1. The number of rotatable bonds is 4. The first-order valence-electron chi connectivity index (χ1n) is 8.21. The zero-order chi connectivity index (χ0) is 16.4. The Labute approximate surface area is 140 Å². The molecule has 2 fully saturated rings. The van der Waals surface area contributed by atoms with Crippen molar-refractivity contribution in [3.05, 3.63) is 42.6 Å². The Bertz CT molecular complexity index is 676. The molecule has 126 valence electrons. The van der Waals surface area contributed by atoms with Crippen LogP contribution in [-0.2, 0) is 16.1 Å². The monoisotopic (exact) mass is 328 g/mol. The van der Waals surface area contributed by atoms with Crippen molar-refractivity contribution >= 4 is 11.9 Å². The van der Waals surface area contributed by atoms with Gasteiger partial charge >= 0.3 is 0 Å². The minimum absolute atomic E-state index is 0.0249. The van der Waals surface area contributed by atoms with Gasteiger partial charge in [-0.3, -0.25) is 4.79 Å². The van der Waals surface area contributed by atoms with Crippen molar-refractivity contribution in [2.24, 2.45) is 17.8 Å². The number of fused-ring (bicyclic) bond motifs is 1. The highest BCUT2D eigenvalue weighted by atomic mass is 16.5. The van der Waals surface area contributed by atoms with Gasteiger partial charge in [0.1, 0.15) is 5.76 Å². The van der Waals surface area contributed by atoms with Gasteiger partial charge in [0, 0.05) is 31.4 Å². The van der Waals surface area contributed by atoms with Gasteiger partial charge in [-0.1, -0.05) is 0 Å². The Hall–Kier alpha value is -2.41. The molecule has 7 heteroatoms. The van der Waals surface area contributed by atoms with Gasteiger partial charge < -0.3 is 19.4 Å². The maximum absolute atomic E-state index is 12.6. The SMILES string of the molecule is O=C(NCc1ccco1)[C@@H]1COC[C@H]2CN(c3ncccn3)C[C@H]21. The molecule has 0 aromatic carbocycles. The van der Waals surface area contributed by atoms with Crippen LogP contribution < -0.4 is 10.2 Å². The largest absolute Gasteiger partial charge is 0.467 e. The van der Waals surface area contributed by atoms with Crippen LogP contribution in [0.4, 0.5) is 5.95 Å². The van der Waals surface area contributed by atoms with Crippen LogP contribution in [-0.4, -0.2) is 42.2 Å². The first kappa shape index (κ1) is 15.1. The molecule has 0 radical (unpaired) electrons. The number of carbonyl (C=O) groups is 1. The highest BCUT2D eigenvalue weighted by Gasteiger charge is 2.44. The molecular weight excluding hydrogens is 308 g/mol. The van der Waals surface area contributed by atoms with E-state index in [0.29, 0.717) is 25.7 Å². The number of carbonyl (C=O) groups excluding carboxylic acids is 1. The quantitative estimate of drug-likeness (QED) is 0.905. The molecule has 0 aliphatic carbocycles. The average molecular weight is 328 g/mol. The molecule has 2 aromatic rings. The van der Waals surface area contributed by atoms with Gasteiger partial charge in [-0.15, -0.1) is 0 Å². The van der Waals surface area contributed by atoms with E-state index >= 15 is 0 Å². The second-order valence-electron chi connectivity index (χ2n) is 6.32. The molecule has 0 bridgehead atoms. The van der Waals surface area contributed by atoms with Crippen LogP contribution in [0.5, 0.6) is 0 Å². The Kier molecular flexibility index (Phi) is 4.17. The molecule has 24 heavy (non-hydrogen) atoms. The van der Waals surface area contributed by atoms with E-state index in [0.717, 1.165) is 24.8 Å². The first-order chi connectivity index (χ1) is 11.8. The fourth-order valence-electron chi connectivity index (χ4n) is 3.61. The van der Waals surface area contributed by atoms with E-state index in [-0.39, 0.29) is 17.7 Å². The normalized spacial score (nSPS) is 26.2. The van der Waals surface area contributed by atoms with Crippen molar-refractivity contribution in [2.45, 2.75) is 6.54 Å². The number of nitrogens with one attached hydrogen (secondary N) is 1. The fourth-order valence-corrected chi connectivity index (χ4v) is 3.61. The van der Waals surface area contributed by atoms with E-state index in [2.05, 4.69) is 20.2 Å². The second-order valence-corrected chi connectivity index (χ2v) is 6.32. The van der Waals surface area contributed by atoms with Crippen LogP contribution in [0.1, 0.15) is 5.76 Å². The highest BCUT2D eigenvalue weighted by Crippen LogP contribution is 2.35. The van der Waals surface area contributed by atoms with Gasteiger partial charge in [-0.2, -0.15) is 0 Å². The maximum Gasteiger partial charge on any atom is 0.226 e. The third kappa shape index (κ3) is 2.99. The minimum Gasteiger partial charge on any atom is -0.467 e. The topological polar surface area (TPSA) is 80.5 Å². The number of anilines is 1. The molecule has 3 atom stereocenters. The van der Waals surface area contributed by atoms with Gasteiger partial charge in [0.05, 0.1) is 31.9 Å². The zero-order valence-corrected chi connectivity index (χ0v) is 13.3. The maximum atomic E-state index is 12.6. The molecule has 2 aliphatic rings. The van der Waals surface area contributed by atoms with E-state index in [1.54, 1.807) is 24.7 Å². The van der Waals surface area contributed by atoms with E-state index in [1.807, 2.05) is 12.1 Å². The van der Waals surface area contributed by atoms with E-state index in [4.69, 9.17) is 9.15 Å². The Morgan fingerprint density at radius 3 is 2.92 bits per heavy atom. The number of furan rings is 1. The lowest BCUT2D eigenvalue weighted by Crippen LogP contribution is -2.44. The summed E-state index contributed by atoms with van der Waals surface area (Å²) in [6, 6.07) is 5.47. The molecule has 2 saturated heterocycles. The Balaban J connectivity index is 1.42. The standard InChI is InChI=1S/C17H20N4O3/c22-16(20-7-13-3-1-6-24-13)15-11-23-10-12-8-21(9-14(12)15)17-18-4-2-5-19-17/h1-6,12,14-15H,7-11H2,(H,20,22)/t12-,14-,15-/m1/s1. The highest BCUT2D eigenvalue weighted by molar-refractivity contribution is 5.79. The zero-order valence-electron chi connectivity index (χ0n) is 13.3. The molecule has 1 amide bonds. The predicted molar refractivity (Wildman–Crippen MR) is 86.1 cm³/mol. The third-order valence-corrected chi connectivity index (χ3v) is 4.83. The van der Waals surface area contributed by atoms with Crippen LogP contribution in [0, 0.1) is 17.8 Å². The second kappa shape index (κ2) is 6.60. The Morgan fingerprint density at radius 2 is 2.12 bits per heavy atom. The van der Waals surface area contributed by atoms with Gasteiger partial charge in [-0.05, 0) is 24.1 Å². The summed E-state index contributed by atoms with van der Waals surface area (Å²) in [7, 11) is 0. The average Bonchev–Trinajstić information content (AvgIpc) is 3.29. The van der Waals surface area contributed by atoms with Crippen molar-refractivity contribution in [3.8, 4) is 0 Å². The van der Waals surface area contributed by atoms with Gasteiger partial charge in [-0.25, -0.2) is 9.97 Å². The summed E-state index contributed by atoms with van der Waals surface area (Å²) in [4.78, 5) is 23.4. The predicted octanol–water partition coefficient (Wildman–Crippen LogP) is 1.08. The van der Waals surface area contributed by atoms with Crippen molar-refractivity contribution in [3.63, 3.8) is 0 Å². The van der Waals surface area contributed by atoms with E-state index in [1.165, 1.54) is 0 Å². The Morgan fingerprint density at radius 1 is 1.25 bits per heavy atom. The molecule has 0 spiro atoms. The molecule has 7 nitrogen and oxygen atoms in total. The van der Waals surface area contributed by atoms with Gasteiger partial charge in [0.25, 0.3) is 0 Å². The number of nitrogens with zero attached hydrogens (tertiary/aromatic N) is 3. The van der Waals surface area contributed by atoms with Gasteiger partial charge in [0.15, 0.2) is 0 Å². The molecule has 0 unspecified atom stereocenters. The molecular formula is C17H20N4O3. The van der Waals surface area contributed by atoms with Crippen LogP contribution in [0.15, 0.2) is 41.3 Å². The van der Waals surface area contributed by atoms with Crippen LogP contribution in [0.2, 0.25) is 0 Å². The van der Waals surface area contributed by atoms with Crippen LogP contribution in [0.25, 0.3) is 0 Å². The van der Waals surface area contributed by atoms with Crippen LogP contribution in [0.3, 0.4) is 0 Å².